The van der Waals surface area contributed by atoms with Gasteiger partial charge in [-0.1, -0.05) is 23.4 Å². The van der Waals surface area contributed by atoms with Crippen LogP contribution in [0.5, 0.6) is 0 Å². The fraction of sp³-hybridized carbons (Fsp3) is 0. The quantitative estimate of drug-likeness (QED) is 0.581. The SMILES string of the molecule is O=C(Nc1ccccc1)c1ccc2noc(-c3ccc(F)cc3)c2c1. The molecule has 1 N–H and O–H groups in total. The zero-order valence-corrected chi connectivity index (χ0v) is 13.1. The first-order valence-corrected chi connectivity index (χ1v) is 7.72. The Bertz CT molecular complexity index is 1040. The Morgan fingerprint density at radius 2 is 1.72 bits per heavy atom. The molecule has 5 heteroatoms. The molecule has 0 saturated carbocycles. The van der Waals surface area contributed by atoms with Crippen LogP contribution in [-0.4, -0.2) is 11.1 Å². The number of nitrogens with one attached hydrogen (secondary N) is 1. The van der Waals surface area contributed by atoms with Gasteiger partial charge in [-0.3, -0.25) is 4.79 Å². The third-order valence-electron chi connectivity index (χ3n) is 3.88. The molecule has 4 nitrogen and oxygen atoms in total. The van der Waals surface area contributed by atoms with Crippen molar-refractivity contribution >= 4 is 22.5 Å². The second kappa shape index (κ2) is 6.20. The van der Waals surface area contributed by atoms with E-state index in [1.165, 1.54) is 12.1 Å². The fourth-order valence-electron chi connectivity index (χ4n) is 2.62. The molecule has 4 aromatic rings. The number of rotatable bonds is 3. The number of carbonyl (C=O) groups excluding carboxylic acids is 1. The van der Waals surface area contributed by atoms with E-state index in [1.54, 1.807) is 30.3 Å². The van der Waals surface area contributed by atoms with Gasteiger partial charge in [0.25, 0.3) is 5.91 Å². The Hall–Kier alpha value is -3.47. The van der Waals surface area contributed by atoms with Gasteiger partial charge in [0.1, 0.15) is 11.3 Å². The second-order valence-corrected chi connectivity index (χ2v) is 5.57. The molecule has 4 rings (SSSR count). The van der Waals surface area contributed by atoms with Gasteiger partial charge in [0.2, 0.25) is 0 Å². The number of hydrogen-bond donors (Lipinski definition) is 1. The summed E-state index contributed by atoms with van der Waals surface area (Å²) in [6.07, 6.45) is 0. The molecule has 0 unspecified atom stereocenters. The summed E-state index contributed by atoms with van der Waals surface area (Å²) in [7, 11) is 0. The van der Waals surface area contributed by atoms with Crippen LogP contribution in [0.25, 0.3) is 22.2 Å². The maximum Gasteiger partial charge on any atom is 0.255 e. The van der Waals surface area contributed by atoms with E-state index in [0.717, 1.165) is 5.69 Å². The molecule has 0 spiro atoms. The molecule has 122 valence electrons. The number of aromatic nitrogens is 1. The Morgan fingerprint density at radius 1 is 0.960 bits per heavy atom. The number of benzene rings is 3. The fourth-order valence-corrected chi connectivity index (χ4v) is 2.62. The lowest BCUT2D eigenvalue weighted by molar-refractivity contribution is 0.102. The maximum absolute atomic E-state index is 13.1. The van der Waals surface area contributed by atoms with Crippen LogP contribution in [0.2, 0.25) is 0 Å². The van der Waals surface area contributed by atoms with Crippen molar-refractivity contribution in [1.82, 2.24) is 5.16 Å². The zero-order valence-electron chi connectivity index (χ0n) is 13.1. The lowest BCUT2D eigenvalue weighted by Gasteiger charge is -2.05. The molecule has 25 heavy (non-hydrogen) atoms. The van der Waals surface area contributed by atoms with Crippen LogP contribution >= 0.6 is 0 Å². The second-order valence-electron chi connectivity index (χ2n) is 5.57. The van der Waals surface area contributed by atoms with Crippen LogP contribution < -0.4 is 5.32 Å². The highest BCUT2D eigenvalue weighted by atomic mass is 19.1. The first-order valence-electron chi connectivity index (χ1n) is 7.72. The number of amides is 1. The summed E-state index contributed by atoms with van der Waals surface area (Å²) in [4.78, 5) is 12.5. The van der Waals surface area contributed by atoms with Gasteiger partial charge < -0.3 is 9.84 Å². The van der Waals surface area contributed by atoms with Crippen LogP contribution in [0.1, 0.15) is 10.4 Å². The Labute approximate surface area is 142 Å². The lowest BCUT2D eigenvalue weighted by atomic mass is 10.1. The molecule has 0 bridgehead atoms. The van der Waals surface area contributed by atoms with Crippen molar-refractivity contribution in [3.05, 3.63) is 84.2 Å². The third-order valence-corrected chi connectivity index (χ3v) is 3.88. The van der Waals surface area contributed by atoms with Crippen molar-refractivity contribution < 1.29 is 13.7 Å². The maximum atomic E-state index is 13.1. The van der Waals surface area contributed by atoms with Crippen LogP contribution in [0.4, 0.5) is 10.1 Å². The third kappa shape index (κ3) is 2.99. The van der Waals surface area contributed by atoms with E-state index in [2.05, 4.69) is 10.5 Å². The van der Waals surface area contributed by atoms with Crippen LogP contribution in [-0.2, 0) is 0 Å². The van der Waals surface area contributed by atoms with E-state index in [0.29, 0.717) is 27.8 Å². The normalized spacial score (nSPS) is 10.8. The molecule has 0 aliphatic rings. The van der Waals surface area contributed by atoms with E-state index in [-0.39, 0.29) is 11.7 Å². The average Bonchev–Trinajstić information content (AvgIpc) is 3.06. The van der Waals surface area contributed by atoms with Crippen molar-refractivity contribution in [3.8, 4) is 11.3 Å². The monoisotopic (exact) mass is 332 g/mol. The van der Waals surface area contributed by atoms with E-state index >= 15 is 0 Å². The van der Waals surface area contributed by atoms with Gasteiger partial charge in [-0.25, -0.2) is 4.39 Å². The molecule has 1 heterocycles. The molecule has 3 aromatic carbocycles. The number of para-hydroxylation sites is 1. The molecule has 0 aliphatic heterocycles. The summed E-state index contributed by atoms with van der Waals surface area (Å²) >= 11 is 0. The predicted octanol–water partition coefficient (Wildman–Crippen LogP) is 4.89. The zero-order chi connectivity index (χ0) is 17.2. The van der Waals surface area contributed by atoms with E-state index in [1.807, 2.05) is 30.3 Å². The largest absolute Gasteiger partial charge is 0.355 e. The molecular formula is C20H13FN2O2. The lowest BCUT2D eigenvalue weighted by Crippen LogP contribution is -2.11. The summed E-state index contributed by atoms with van der Waals surface area (Å²) in [6, 6.07) is 20.3. The molecule has 1 aromatic heterocycles. The molecule has 0 atom stereocenters. The van der Waals surface area contributed by atoms with Gasteiger partial charge in [0.15, 0.2) is 5.76 Å². The summed E-state index contributed by atoms with van der Waals surface area (Å²) in [5, 5.41) is 7.54. The van der Waals surface area contributed by atoms with Crippen molar-refractivity contribution in [2.75, 3.05) is 5.32 Å². The number of hydrogen-bond acceptors (Lipinski definition) is 3. The standard InChI is InChI=1S/C20H13FN2O2/c21-15-9-6-13(7-10-15)19-17-12-14(8-11-18(17)23-25-19)20(24)22-16-4-2-1-3-5-16/h1-12H,(H,22,24). The van der Waals surface area contributed by atoms with Gasteiger partial charge in [0.05, 0.1) is 5.39 Å². The van der Waals surface area contributed by atoms with Crippen molar-refractivity contribution in [2.24, 2.45) is 0 Å². The predicted molar refractivity (Wildman–Crippen MR) is 93.8 cm³/mol. The van der Waals surface area contributed by atoms with Gasteiger partial charge in [0, 0.05) is 16.8 Å². The number of anilines is 1. The van der Waals surface area contributed by atoms with Crippen LogP contribution in [0, 0.1) is 5.82 Å². The minimum absolute atomic E-state index is 0.223. The minimum Gasteiger partial charge on any atom is -0.355 e. The molecule has 1 amide bonds. The summed E-state index contributed by atoms with van der Waals surface area (Å²) in [5.41, 5.74) is 2.54. The molecule has 0 fully saturated rings. The summed E-state index contributed by atoms with van der Waals surface area (Å²) in [5.74, 6) is -0.0424. The Morgan fingerprint density at radius 3 is 2.48 bits per heavy atom. The highest BCUT2D eigenvalue weighted by Crippen LogP contribution is 2.29. The number of fused-ring (bicyclic) bond motifs is 1. The highest BCUT2D eigenvalue weighted by molar-refractivity contribution is 6.07. The average molecular weight is 332 g/mol. The number of halogens is 1. The van der Waals surface area contributed by atoms with Gasteiger partial charge in [-0.15, -0.1) is 0 Å². The summed E-state index contributed by atoms with van der Waals surface area (Å²) in [6.45, 7) is 0. The van der Waals surface area contributed by atoms with E-state index in [4.69, 9.17) is 4.52 Å². The van der Waals surface area contributed by atoms with E-state index in [9.17, 15) is 9.18 Å². The molecule has 0 saturated heterocycles. The topological polar surface area (TPSA) is 55.1 Å². The van der Waals surface area contributed by atoms with Crippen molar-refractivity contribution in [3.63, 3.8) is 0 Å². The van der Waals surface area contributed by atoms with Crippen molar-refractivity contribution in [2.45, 2.75) is 0 Å². The number of carbonyl (C=O) groups is 1. The molecule has 0 radical (unpaired) electrons. The number of nitrogens with zero attached hydrogens (tertiary/aromatic N) is 1. The van der Waals surface area contributed by atoms with Crippen LogP contribution in [0.15, 0.2) is 77.3 Å². The van der Waals surface area contributed by atoms with Crippen LogP contribution in [0.3, 0.4) is 0 Å². The van der Waals surface area contributed by atoms with Gasteiger partial charge in [-0.2, -0.15) is 0 Å². The van der Waals surface area contributed by atoms with Gasteiger partial charge in [-0.05, 0) is 54.6 Å². The van der Waals surface area contributed by atoms with E-state index < -0.39 is 0 Å². The molecular weight excluding hydrogens is 319 g/mol. The Kier molecular flexibility index (Phi) is 3.74. The first-order chi connectivity index (χ1) is 12.2. The van der Waals surface area contributed by atoms with Crippen molar-refractivity contribution in [1.29, 1.82) is 0 Å². The minimum atomic E-state index is -0.324. The highest BCUT2D eigenvalue weighted by Gasteiger charge is 2.14. The Balaban J connectivity index is 1.71. The van der Waals surface area contributed by atoms with Gasteiger partial charge >= 0.3 is 0 Å². The summed E-state index contributed by atoms with van der Waals surface area (Å²) < 4.78 is 18.5. The smallest absolute Gasteiger partial charge is 0.255 e. The molecule has 0 aliphatic carbocycles. The first kappa shape index (κ1) is 15.1.